The molecule has 3 nitrogen and oxygen atoms in total. The second-order valence-electron chi connectivity index (χ2n) is 4.77. The van der Waals surface area contributed by atoms with Crippen molar-refractivity contribution in [3.05, 3.63) is 59.1 Å². The van der Waals surface area contributed by atoms with Gasteiger partial charge in [-0.05, 0) is 24.1 Å². The fraction of sp³-hybridized carbons (Fsp3) is 0.250. The van der Waals surface area contributed by atoms with Crippen molar-refractivity contribution < 1.29 is 5.11 Å². The quantitative estimate of drug-likeness (QED) is 0.879. The number of halogens is 1. The first-order valence-corrected chi connectivity index (χ1v) is 6.64. The van der Waals surface area contributed by atoms with Gasteiger partial charge in [0, 0.05) is 28.9 Å². The van der Waals surface area contributed by atoms with E-state index in [0.717, 1.165) is 5.56 Å². The molecular formula is C16H15ClN2O. The van der Waals surface area contributed by atoms with Gasteiger partial charge in [-0.2, -0.15) is 0 Å². The van der Waals surface area contributed by atoms with Gasteiger partial charge in [0.25, 0.3) is 0 Å². The van der Waals surface area contributed by atoms with Gasteiger partial charge in [-0.25, -0.2) is 9.97 Å². The van der Waals surface area contributed by atoms with E-state index in [1.807, 2.05) is 31.2 Å². The summed E-state index contributed by atoms with van der Waals surface area (Å²) < 4.78 is 0. The summed E-state index contributed by atoms with van der Waals surface area (Å²) in [5.41, 5.74) is 0.206. The van der Waals surface area contributed by atoms with E-state index in [4.69, 9.17) is 18.0 Å². The molecule has 20 heavy (non-hydrogen) atoms. The first-order valence-electron chi connectivity index (χ1n) is 6.26. The Morgan fingerprint density at radius 2 is 1.90 bits per heavy atom. The highest BCUT2D eigenvalue weighted by atomic mass is 35.5. The summed E-state index contributed by atoms with van der Waals surface area (Å²) in [6, 6.07) is 7.50. The molecule has 0 bridgehead atoms. The Hall–Kier alpha value is -1.89. The fourth-order valence-corrected chi connectivity index (χ4v) is 2.25. The second-order valence-corrected chi connectivity index (χ2v) is 5.21. The predicted molar refractivity (Wildman–Crippen MR) is 79.1 cm³/mol. The number of aliphatic hydroxyl groups is 1. The van der Waals surface area contributed by atoms with Crippen LogP contribution in [0.4, 0.5) is 0 Å². The van der Waals surface area contributed by atoms with Gasteiger partial charge < -0.3 is 5.11 Å². The maximum absolute atomic E-state index is 10.7. The molecule has 1 heterocycles. The molecule has 1 aromatic carbocycles. The van der Waals surface area contributed by atoms with Gasteiger partial charge in [0.15, 0.2) is 5.60 Å². The van der Waals surface area contributed by atoms with E-state index in [2.05, 4.69) is 15.9 Å². The summed E-state index contributed by atoms with van der Waals surface area (Å²) in [7, 11) is 0. The maximum Gasteiger partial charge on any atom is 0.156 e. The van der Waals surface area contributed by atoms with Crippen LogP contribution in [0.1, 0.15) is 18.1 Å². The summed E-state index contributed by atoms with van der Waals surface area (Å²) >= 11 is 5.86. The lowest BCUT2D eigenvalue weighted by molar-refractivity contribution is 0.0417. The second kappa shape index (κ2) is 6.04. The Balaban J connectivity index is 2.24. The SMILES string of the molecule is C#CC(O)(c1cncnc1)C(C)Cc1ccc(Cl)cc1. The molecule has 0 fully saturated rings. The number of hydrogen-bond acceptors (Lipinski definition) is 3. The van der Waals surface area contributed by atoms with Crippen LogP contribution in [-0.2, 0) is 12.0 Å². The molecule has 102 valence electrons. The molecule has 0 aliphatic heterocycles. The third-order valence-corrected chi connectivity index (χ3v) is 3.64. The highest BCUT2D eigenvalue weighted by molar-refractivity contribution is 6.30. The third-order valence-electron chi connectivity index (χ3n) is 3.39. The van der Waals surface area contributed by atoms with Crippen LogP contribution in [0.15, 0.2) is 43.0 Å². The van der Waals surface area contributed by atoms with Crippen LogP contribution in [0.3, 0.4) is 0 Å². The Morgan fingerprint density at radius 3 is 2.45 bits per heavy atom. The average Bonchev–Trinajstić information content (AvgIpc) is 2.49. The standard InChI is InChI=1S/C16H15ClN2O/c1-3-16(20,14-9-18-11-19-10-14)12(2)8-13-4-6-15(17)7-5-13/h1,4-7,9-12,20H,8H2,2H3. The van der Waals surface area contributed by atoms with Gasteiger partial charge >= 0.3 is 0 Å². The number of benzene rings is 1. The van der Waals surface area contributed by atoms with Crippen LogP contribution in [0.5, 0.6) is 0 Å². The van der Waals surface area contributed by atoms with E-state index in [1.54, 1.807) is 12.4 Å². The largest absolute Gasteiger partial charge is 0.373 e. The first-order chi connectivity index (χ1) is 9.56. The van der Waals surface area contributed by atoms with Crippen LogP contribution in [0.2, 0.25) is 5.02 Å². The van der Waals surface area contributed by atoms with Crippen LogP contribution in [-0.4, -0.2) is 15.1 Å². The zero-order chi connectivity index (χ0) is 14.6. The molecule has 1 aromatic heterocycles. The zero-order valence-corrected chi connectivity index (χ0v) is 11.9. The average molecular weight is 287 g/mol. The minimum atomic E-state index is -1.39. The molecule has 0 radical (unpaired) electrons. The van der Waals surface area contributed by atoms with Gasteiger partial charge in [0.2, 0.25) is 0 Å². The molecule has 2 unspecified atom stereocenters. The highest BCUT2D eigenvalue weighted by Gasteiger charge is 2.34. The van der Waals surface area contributed by atoms with Crippen molar-refractivity contribution in [2.45, 2.75) is 18.9 Å². The van der Waals surface area contributed by atoms with E-state index in [-0.39, 0.29) is 5.92 Å². The molecule has 0 amide bonds. The van der Waals surface area contributed by atoms with Gasteiger partial charge in [0.05, 0.1) is 0 Å². The van der Waals surface area contributed by atoms with Crippen molar-refractivity contribution in [1.82, 2.24) is 9.97 Å². The molecule has 2 aromatic rings. The molecule has 0 saturated carbocycles. The van der Waals surface area contributed by atoms with Gasteiger partial charge in [-0.1, -0.05) is 36.6 Å². The van der Waals surface area contributed by atoms with E-state index in [9.17, 15) is 5.11 Å². The van der Waals surface area contributed by atoms with Crippen LogP contribution < -0.4 is 0 Å². The Bertz CT molecular complexity index is 607. The number of nitrogens with zero attached hydrogens (tertiary/aromatic N) is 2. The summed E-state index contributed by atoms with van der Waals surface area (Å²) in [5, 5.41) is 11.4. The van der Waals surface area contributed by atoms with Crippen LogP contribution in [0, 0.1) is 18.3 Å². The number of rotatable bonds is 4. The maximum atomic E-state index is 10.7. The minimum Gasteiger partial charge on any atom is -0.373 e. The van der Waals surface area contributed by atoms with Crippen molar-refractivity contribution >= 4 is 11.6 Å². The molecule has 0 aliphatic carbocycles. The summed E-state index contributed by atoms with van der Waals surface area (Å²) in [6.45, 7) is 1.90. The minimum absolute atomic E-state index is 0.181. The van der Waals surface area contributed by atoms with Gasteiger partial charge in [-0.15, -0.1) is 6.42 Å². The Labute approximate surface area is 123 Å². The van der Waals surface area contributed by atoms with Gasteiger partial charge in [-0.3, -0.25) is 0 Å². The molecule has 0 saturated heterocycles. The van der Waals surface area contributed by atoms with Crippen LogP contribution in [0.25, 0.3) is 0 Å². The molecular weight excluding hydrogens is 272 g/mol. The van der Waals surface area contributed by atoms with E-state index >= 15 is 0 Å². The molecule has 2 rings (SSSR count). The normalized spacial score (nSPS) is 15.1. The predicted octanol–water partition coefficient (Wildman–Crippen LogP) is 2.83. The fourth-order valence-electron chi connectivity index (χ4n) is 2.13. The smallest absolute Gasteiger partial charge is 0.156 e. The molecule has 1 N–H and O–H groups in total. The molecule has 0 spiro atoms. The van der Waals surface area contributed by atoms with E-state index in [1.165, 1.54) is 6.33 Å². The van der Waals surface area contributed by atoms with Crippen molar-refractivity contribution in [3.63, 3.8) is 0 Å². The lowest BCUT2D eigenvalue weighted by atomic mass is 9.81. The number of aromatic nitrogens is 2. The topological polar surface area (TPSA) is 46.0 Å². The number of terminal acetylenes is 1. The van der Waals surface area contributed by atoms with E-state index < -0.39 is 5.60 Å². The Morgan fingerprint density at radius 1 is 1.30 bits per heavy atom. The summed E-state index contributed by atoms with van der Waals surface area (Å²) in [4.78, 5) is 7.83. The van der Waals surface area contributed by atoms with Crippen LogP contribution >= 0.6 is 11.6 Å². The summed E-state index contributed by atoms with van der Waals surface area (Å²) in [6.07, 6.45) is 10.7. The lowest BCUT2D eigenvalue weighted by Crippen LogP contribution is -2.33. The van der Waals surface area contributed by atoms with Crippen molar-refractivity contribution in [2.24, 2.45) is 5.92 Å². The van der Waals surface area contributed by atoms with E-state index in [0.29, 0.717) is 17.0 Å². The van der Waals surface area contributed by atoms with Crippen molar-refractivity contribution in [3.8, 4) is 12.3 Å². The third kappa shape index (κ3) is 2.98. The Kier molecular flexibility index (Phi) is 4.39. The number of hydrogen-bond donors (Lipinski definition) is 1. The highest BCUT2D eigenvalue weighted by Crippen LogP contribution is 2.30. The monoisotopic (exact) mass is 286 g/mol. The van der Waals surface area contributed by atoms with Crippen molar-refractivity contribution in [1.29, 1.82) is 0 Å². The molecule has 2 atom stereocenters. The molecule has 4 heteroatoms. The first kappa shape index (κ1) is 14.5. The molecule has 0 aliphatic rings. The van der Waals surface area contributed by atoms with Crippen molar-refractivity contribution in [2.75, 3.05) is 0 Å². The zero-order valence-electron chi connectivity index (χ0n) is 11.1. The summed E-state index contributed by atoms with van der Waals surface area (Å²) in [5.74, 6) is 2.29. The van der Waals surface area contributed by atoms with Gasteiger partial charge in [0.1, 0.15) is 6.33 Å². The lowest BCUT2D eigenvalue weighted by Gasteiger charge is -2.29.